The molecule has 2 rings (SSSR count). The zero-order valence-electron chi connectivity index (χ0n) is 12.9. The molecule has 124 valence electrons. The molecule has 0 bridgehead atoms. The van der Waals surface area contributed by atoms with Crippen molar-refractivity contribution < 1.29 is 13.2 Å². The fraction of sp³-hybridized carbons (Fsp3) is 0.692. The van der Waals surface area contributed by atoms with Crippen LogP contribution in [0.25, 0.3) is 0 Å². The maximum atomic E-state index is 12.1. The van der Waals surface area contributed by atoms with Crippen molar-refractivity contribution in [2.75, 3.05) is 32.4 Å². The van der Waals surface area contributed by atoms with Crippen molar-refractivity contribution in [3.63, 3.8) is 0 Å². The predicted octanol–water partition coefficient (Wildman–Crippen LogP) is 0.0872. The summed E-state index contributed by atoms with van der Waals surface area (Å²) in [5.41, 5.74) is 1.10. The van der Waals surface area contributed by atoms with Crippen molar-refractivity contribution in [1.82, 2.24) is 24.7 Å². The summed E-state index contributed by atoms with van der Waals surface area (Å²) in [6, 6.07) is -0.0471. The van der Waals surface area contributed by atoms with E-state index in [0.717, 1.165) is 18.4 Å². The van der Waals surface area contributed by atoms with Gasteiger partial charge in [-0.1, -0.05) is 0 Å². The molecule has 1 aromatic rings. The molecule has 0 radical (unpaired) electrons. The van der Waals surface area contributed by atoms with Gasteiger partial charge in [0.05, 0.1) is 18.0 Å². The van der Waals surface area contributed by atoms with Crippen LogP contribution < -0.4 is 10.0 Å². The van der Waals surface area contributed by atoms with Gasteiger partial charge in [0.15, 0.2) is 0 Å². The number of hydrogen-bond acceptors (Lipinski definition) is 4. The molecule has 1 fully saturated rings. The van der Waals surface area contributed by atoms with E-state index < -0.39 is 10.0 Å². The Balaban J connectivity index is 1.85. The second-order valence-electron chi connectivity index (χ2n) is 5.49. The van der Waals surface area contributed by atoms with Crippen LogP contribution in [0, 0.1) is 6.92 Å². The van der Waals surface area contributed by atoms with Gasteiger partial charge in [-0.2, -0.15) is 5.10 Å². The number of aromatic nitrogens is 2. The molecule has 1 atom stereocenters. The highest BCUT2D eigenvalue weighted by molar-refractivity contribution is 7.89. The Labute approximate surface area is 130 Å². The highest BCUT2D eigenvalue weighted by atomic mass is 32.2. The summed E-state index contributed by atoms with van der Waals surface area (Å²) in [6.07, 6.45) is 5.68. The van der Waals surface area contributed by atoms with Crippen molar-refractivity contribution in [1.29, 1.82) is 0 Å². The Morgan fingerprint density at radius 1 is 1.50 bits per heavy atom. The minimum atomic E-state index is -3.29. The highest BCUT2D eigenvalue weighted by Crippen LogP contribution is 2.21. The summed E-state index contributed by atoms with van der Waals surface area (Å²) in [5, 5.41) is 6.97. The van der Waals surface area contributed by atoms with E-state index in [4.69, 9.17) is 0 Å². The van der Waals surface area contributed by atoms with E-state index in [1.807, 2.05) is 24.0 Å². The van der Waals surface area contributed by atoms with E-state index in [-0.39, 0.29) is 24.4 Å². The number of urea groups is 1. The summed E-state index contributed by atoms with van der Waals surface area (Å²) < 4.78 is 26.7. The lowest BCUT2D eigenvalue weighted by molar-refractivity contribution is 0.164. The topological polar surface area (TPSA) is 96.3 Å². The summed E-state index contributed by atoms with van der Waals surface area (Å²) in [5.74, 6) is -0.120. The Kier molecular flexibility index (Phi) is 5.41. The largest absolute Gasteiger partial charge is 0.337 e. The lowest BCUT2D eigenvalue weighted by Gasteiger charge is -2.32. The molecule has 0 aromatic carbocycles. The number of nitrogens with zero attached hydrogens (tertiary/aromatic N) is 3. The third-order valence-electron chi connectivity index (χ3n) is 3.75. The van der Waals surface area contributed by atoms with Crippen LogP contribution in [0.2, 0.25) is 0 Å². The number of hydrogen-bond donors (Lipinski definition) is 2. The molecule has 8 nitrogen and oxygen atoms in total. The van der Waals surface area contributed by atoms with Crippen LogP contribution >= 0.6 is 0 Å². The standard InChI is InChI=1S/C13H23N5O3S/c1-11-8-16-18(9-11)12-4-3-6-17(10-12)13(19)15-5-7-22(20,21)14-2/h8-9,12,14H,3-7,10H2,1-2H3,(H,15,19)/t12-/m0/s1. The summed E-state index contributed by atoms with van der Waals surface area (Å²) in [6.45, 7) is 3.36. The van der Waals surface area contributed by atoms with Gasteiger partial charge in [0, 0.05) is 25.8 Å². The SMILES string of the molecule is CNS(=O)(=O)CCNC(=O)N1CCC[C@H](n2cc(C)cn2)C1. The van der Waals surface area contributed by atoms with Gasteiger partial charge in [-0.05, 0) is 32.4 Å². The van der Waals surface area contributed by atoms with Gasteiger partial charge in [-0.15, -0.1) is 0 Å². The minimum absolute atomic E-state index is 0.101. The number of amides is 2. The van der Waals surface area contributed by atoms with Gasteiger partial charge >= 0.3 is 6.03 Å². The molecule has 0 aliphatic carbocycles. The van der Waals surface area contributed by atoms with E-state index in [1.165, 1.54) is 7.05 Å². The molecule has 0 saturated carbocycles. The lowest BCUT2D eigenvalue weighted by atomic mass is 10.1. The maximum absolute atomic E-state index is 12.1. The molecule has 2 N–H and O–H groups in total. The van der Waals surface area contributed by atoms with Crippen molar-refractivity contribution >= 4 is 16.1 Å². The van der Waals surface area contributed by atoms with Crippen molar-refractivity contribution in [3.8, 4) is 0 Å². The van der Waals surface area contributed by atoms with Crippen molar-refractivity contribution in [2.24, 2.45) is 0 Å². The van der Waals surface area contributed by atoms with Crippen LogP contribution in [0.4, 0.5) is 4.79 Å². The Morgan fingerprint density at radius 3 is 2.91 bits per heavy atom. The number of likely N-dealkylation sites (tertiary alicyclic amines) is 1. The molecule has 0 spiro atoms. The molecule has 0 unspecified atom stereocenters. The quantitative estimate of drug-likeness (QED) is 0.800. The fourth-order valence-electron chi connectivity index (χ4n) is 2.49. The first-order valence-corrected chi connectivity index (χ1v) is 9.01. The molecule has 1 aliphatic rings. The molecule has 1 saturated heterocycles. The molecular weight excluding hydrogens is 306 g/mol. The number of nitrogens with one attached hydrogen (secondary N) is 2. The zero-order valence-corrected chi connectivity index (χ0v) is 13.8. The highest BCUT2D eigenvalue weighted by Gasteiger charge is 2.25. The van der Waals surface area contributed by atoms with E-state index in [1.54, 1.807) is 4.90 Å². The molecular formula is C13H23N5O3S. The van der Waals surface area contributed by atoms with Gasteiger partial charge in [0.25, 0.3) is 0 Å². The Morgan fingerprint density at radius 2 is 2.27 bits per heavy atom. The molecule has 22 heavy (non-hydrogen) atoms. The summed E-state index contributed by atoms with van der Waals surface area (Å²) in [4.78, 5) is 13.8. The first-order valence-electron chi connectivity index (χ1n) is 7.36. The van der Waals surface area contributed by atoms with Gasteiger partial charge in [-0.3, -0.25) is 4.68 Å². The number of sulfonamides is 1. The summed E-state index contributed by atoms with van der Waals surface area (Å²) in [7, 11) is -1.93. The van der Waals surface area contributed by atoms with E-state index in [2.05, 4.69) is 15.1 Å². The normalized spacial score (nSPS) is 19.2. The maximum Gasteiger partial charge on any atom is 0.317 e. The Hall–Kier alpha value is -1.61. The molecule has 1 aromatic heterocycles. The first kappa shape index (κ1) is 16.8. The predicted molar refractivity (Wildman–Crippen MR) is 83.1 cm³/mol. The molecule has 1 aliphatic heterocycles. The van der Waals surface area contributed by atoms with Crippen LogP contribution in [-0.2, 0) is 10.0 Å². The average Bonchev–Trinajstić information content (AvgIpc) is 2.94. The number of carbonyl (C=O) groups is 1. The van der Waals surface area contributed by atoms with Crippen LogP contribution in [0.3, 0.4) is 0 Å². The second kappa shape index (κ2) is 7.10. The van der Waals surface area contributed by atoms with Gasteiger partial charge in [0.1, 0.15) is 0 Å². The molecule has 9 heteroatoms. The van der Waals surface area contributed by atoms with Crippen LogP contribution in [0.1, 0.15) is 24.4 Å². The van der Waals surface area contributed by atoms with Crippen molar-refractivity contribution in [2.45, 2.75) is 25.8 Å². The Bertz CT molecular complexity index is 613. The van der Waals surface area contributed by atoms with E-state index >= 15 is 0 Å². The van der Waals surface area contributed by atoms with Crippen molar-refractivity contribution in [3.05, 3.63) is 18.0 Å². The lowest BCUT2D eigenvalue weighted by Crippen LogP contribution is -2.47. The minimum Gasteiger partial charge on any atom is -0.337 e. The zero-order chi connectivity index (χ0) is 16.2. The van der Waals surface area contributed by atoms with E-state index in [9.17, 15) is 13.2 Å². The van der Waals surface area contributed by atoms with Crippen LogP contribution in [0.15, 0.2) is 12.4 Å². The third kappa shape index (κ3) is 4.44. The smallest absolute Gasteiger partial charge is 0.317 e. The van der Waals surface area contributed by atoms with Gasteiger partial charge in [0.2, 0.25) is 10.0 Å². The monoisotopic (exact) mass is 329 g/mol. The van der Waals surface area contributed by atoms with Crippen LogP contribution in [0.5, 0.6) is 0 Å². The molecule has 2 amide bonds. The number of aryl methyl sites for hydroxylation is 1. The third-order valence-corrected chi connectivity index (χ3v) is 5.11. The number of carbonyl (C=O) groups excluding carboxylic acids is 1. The van der Waals surface area contributed by atoms with Gasteiger partial charge < -0.3 is 10.2 Å². The number of piperidine rings is 1. The van der Waals surface area contributed by atoms with E-state index in [0.29, 0.717) is 13.1 Å². The average molecular weight is 329 g/mol. The summed E-state index contributed by atoms with van der Waals surface area (Å²) >= 11 is 0. The number of rotatable bonds is 5. The van der Waals surface area contributed by atoms with Crippen LogP contribution in [-0.4, -0.2) is 61.6 Å². The first-order chi connectivity index (χ1) is 10.4. The molecule has 2 heterocycles. The fourth-order valence-corrected chi connectivity index (χ4v) is 3.07. The second-order valence-corrected chi connectivity index (χ2v) is 7.54. The van der Waals surface area contributed by atoms with Gasteiger partial charge in [-0.25, -0.2) is 17.9 Å².